The average molecular weight is 722 g/mol. The number of benzene rings is 7. The van der Waals surface area contributed by atoms with E-state index < -0.39 is 0 Å². The SMILES string of the molecule is c1ccc2c(c1)c1ccccc1n2-c1ccc2sc3c(-n4c5ccccc5c5ccccc54)nc(-c4cc5ccc4CCc4ccc(cc4)CC5)cc3c2c1. The molecule has 7 aromatic carbocycles. The van der Waals surface area contributed by atoms with Crippen molar-refractivity contribution in [2.45, 2.75) is 25.7 Å². The molecule has 11 aromatic rings. The molecule has 4 aliphatic rings. The number of fused-ring (bicyclic) bond motifs is 9. The molecule has 0 unspecified atom stereocenters. The molecule has 4 heterocycles. The second-order valence-corrected chi connectivity index (χ2v) is 16.1. The molecule has 260 valence electrons. The molecule has 0 saturated heterocycles. The van der Waals surface area contributed by atoms with Crippen molar-refractivity contribution < 1.29 is 0 Å². The Morgan fingerprint density at radius 2 is 0.945 bits per heavy atom. The number of aromatic nitrogens is 3. The second kappa shape index (κ2) is 12.0. The van der Waals surface area contributed by atoms with Crippen molar-refractivity contribution >= 4 is 75.1 Å². The van der Waals surface area contributed by atoms with Gasteiger partial charge in [0.2, 0.25) is 0 Å². The number of hydrogen-bond acceptors (Lipinski definition) is 2. The van der Waals surface area contributed by atoms with Gasteiger partial charge in [0.25, 0.3) is 0 Å². The molecule has 3 nitrogen and oxygen atoms in total. The highest BCUT2D eigenvalue weighted by Crippen LogP contribution is 2.44. The van der Waals surface area contributed by atoms with Gasteiger partial charge in [-0.1, -0.05) is 109 Å². The van der Waals surface area contributed by atoms with Gasteiger partial charge in [0.1, 0.15) is 0 Å². The number of nitrogens with zero attached hydrogens (tertiary/aromatic N) is 3. The minimum absolute atomic E-state index is 0.960. The maximum atomic E-state index is 5.74. The summed E-state index contributed by atoms with van der Waals surface area (Å²) in [6.07, 6.45) is 3.98. The zero-order chi connectivity index (χ0) is 36.0. The van der Waals surface area contributed by atoms with Crippen molar-refractivity contribution in [2.75, 3.05) is 0 Å². The number of rotatable bonds is 3. The monoisotopic (exact) mass is 721 g/mol. The minimum Gasteiger partial charge on any atom is -0.309 e. The smallest absolute Gasteiger partial charge is 0.156 e. The van der Waals surface area contributed by atoms with Gasteiger partial charge in [-0.15, -0.1) is 11.3 Å². The van der Waals surface area contributed by atoms with Gasteiger partial charge in [-0.2, -0.15) is 0 Å². The van der Waals surface area contributed by atoms with Gasteiger partial charge in [-0.25, -0.2) is 4.98 Å². The van der Waals surface area contributed by atoms with Crippen molar-refractivity contribution in [3.63, 3.8) is 0 Å². The lowest BCUT2D eigenvalue weighted by atomic mass is 9.92. The van der Waals surface area contributed by atoms with E-state index in [0.29, 0.717) is 0 Å². The topological polar surface area (TPSA) is 22.8 Å². The lowest BCUT2D eigenvalue weighted by Crippen LogP contribution is -2.03. The molecule has 0 spiro atoms. The Kier molecular flexibility index (Phi) is 6.75. The largest absolute Gasteiger partial charge is 0.309 e. The van der Waals surface area contributed by atoms with Crippen LogP contribution in [0.1, 0.15) is 22.3 Å². The highest BCUT2D eigenvalue weighted by molar-refractivity contribution is 7.26. The Bertz CT molecular complexity index is 3220. The Balaban J connectivity index is 1.16. The number of para-hydroxylation sites is 4. The van der Waals surface area contributed by atoms with Crippen LogP contribution in [-0.4, -0.2) is 14.1 Å². The fraction of sp³-hybridized carbons (Fsp3) is 0.0784. The van der Waals surface area contributed by atoms with E-state index in [9.17, 15) is 0 Å². The first-order chi connectivity index (χ1) is 27.2. The van der Waals surface area contributed by atoms with Crippen LogP contribution >= 0.6 is 11.3 Å². The fourth-order valence-corrected chi connectivity index (χ4v) is 10.3. The van der Waals surface area contributed by atoms with Gasteiger partial charge in [-0.3, -0.25) is 4.57 Å². The Morgan fingerprint density at radius 3 is 1.56 bits per heavy atom. The predicted molar refractivity (Wildman–Crippen MR) is 232 cm³/mol. The van der Waals surface area contributed by atoms with Crippen LogP contribution in [0.4, 0.5) is 0 Å². The van der Waals surface area contributed by atoms with E-state index >= 15 is 0 Å². The standard InChI is InChI=1S/C51H35N3S/c1-5-13-45-37(9-1)38-10-2-6-14-46(38)53(45)36-27-28-49-42(30-36)43-31-44(41-29-34-22-21-32-17-19-33(20-18-32)23-25-35(41)26-24-34)52-51(50(43)55-49)54-47-15-7-3-11-39(47)40-12-4-8-16-48(40)54/h1-20,24,26-31H,21-23,25H2. The Morgan fingerprint density at radius 1 is 0.418 bits per heavy atom. The zero-order valence-electron chi connectivity index (χ0n) is 30.2. The fourth-order valence-electron chi connectivity index (χ4n) is 9.20. The summed E-state index contributed by atoms with van der Waals surface area (Å²) < 4.78 is 7.32. The molecule has 0 saturated carbocycles. The molecule has 55 heavy (non-hydrogen) atoms. The molecular weight excluding hydrogens is 687 g/mol. The van der Waals surface area contributed by atoms with Gasteiger partial charge >= 0.3 is 0 Å². The molecule has 4 heteroatoms. The molecule has 0 amide bonds. The molecule has 4 bridgehead atoms. The van der Waals surface area contributed by atoms with Crippen LogP contribution < -0.4 is 0 Å². The molecule has 0 atom stereocenters. The zero-order valence-corrected chi connectivity index (χ0v) is 31.0. The first-order valence-electron chi connectivity index (χ1n) is 19.3. The quantitative estimate of drug-likeness (QED) is 0.178. The van der Waals surface area contributed by atoms with Crippen LogP contribution in [0.3, 0.4) is 0 Å². The van der Waals surface area contributed by atoms with E-state index in [-0.39, 0.29) is 0 Å². The lowest BCUT2D eigenvalue weighted by Gasteiger charge is -2.16. The van der Waals surface area contributed by atoms with Crippen LogP contribution in [0.25, 0.3) is 86.5 Å². The van der Waals surface area contributed by atoms with Crippen molar-refractivity contribution in [3.05, 3.63) is 186 Å². The van der Waals surface area contributed by atoms with E-state index in [2.05, 4.69) is 173 Å². The number of thiophene rings is 1. The van der Waals surface area contributed by atoms with E-state index in [4.69, 9.17) is 4.98 Å². The van der Waals surface area contributed by atoms with Gasteiger partial charge in [-0.05, 0) is 103 Å². The van der Waals surface area contributed by atoms with Crippen molar-refractivity contribution in [2.24, 2.45) is 0 Å². The summed E-state index contributed by atoms with van der Waals surface area (Å²) in [5, 5.41) is 7.55. The van der Waals surface area contributed by atoms with Crippen LogP contribution in [0.2, 0.25) is 0 Å². The molecule has 0 radical (unpaired) electrons. The van der Waals surface area contributed by atoms with Crippen molar-refractivity contribution in [3.8, 4) is 22.8 Å². The highest BCUT2D eigenvalue weighted by Gasteiger charge is 2.22. The van der Waals surface area contributed by atoms with Gasteiger partial charge < -0.3 is 4.57 Å². The number of pyridine rings is 1. The maximum absolute atomic E-state index is 5.74. The third-order valence-corrected chi connectivity index (χ3v) is 13.1. The molecular formula is C51H35N3S. The van der Waals surface area contributed by atoms with E-state index in [0.717, 1.165) is 37.2 Å². The Labute approximate surface area is 322 Å². The van der Waals surface area contributed by atoms with Gasteiger partial charge in [0.15, 0.2) is 5.82 Å². The van der Waals surface area contributed by atoms with E-state index in [1.165, 1.54) is 97.3 Å². The molecule has 4 aromatic heterocycles. The van der Waals surface area contributed by atoms with Gasteiger partial charge in [0.05, 0.1) is 32.5 Å². The average Bonchev–Trinajstić information content (AvgIpc) is 3.89. The number of aryl methyl sites for hydroxylation is 4. The predicted octanol–water partition coefficient (Wildman–Crippen LogP) is 13.2. The number of hydrogen-bond donors (Lipinski definition) is 0. The third-order valence-electron chi connectivity index (χ3n) is 11.9. The normalized spacial score (nSPS) is 13.2. The summed E-state index contributed by atoms with van der Waals surface area (Å²) in [5.41, 5.74) is 13.7. The van der Waals surface area contributed by atoms with Crippen molar-refractivity contribution in [1.29, 1.82) is 0 Å². The third kappa shape index (κ3) is 4.78. The molecule has 0 aliphatic heterocycles. The van der Waals surface area contributed by atoms with E-state index in [1.807, 2.05) is 11.3 Å². The van der Waals surface area contributed by atoms with Crippen LogP contribution in [0.15, 0.2) is 164 Å². The van der Waals surface area contributed by atoms with Gasteiger partial charge in [0, 0.05) is 48.3 Å². The van der Waals surface area contributed by atoms with Crippen molar-refractivity contribution in [1.82, 2.24) is 14.1 Å². The lowest BCUT2D eigenvalue weighted by molar-refractivity contribution is 0.922. The molecule has 0 fully saturated rings. The minimum atomic E-state index is 0.960. The molecule has 0 N–H and O–H groups in total. The molecule has 4 aliphatic carbocycles. The van der Waals surface area contributed by atoms with Crippen LogP contribution in [0.5, 0.6) is 0 Å². The summed E-state index contributed by atoms with van der Waals surface area (Å²) in [6, 6.07) is 61.0. The Hall–Kier alpha value is -6.49. The summed E-state index contributed by atoms with van der Waals surface area (Å²) in [7, 11) is 0. The van der Waals surface area contributed by atoms with Crippen LogP contribution in [-0.2, 0) is 25.7 Å². The maximum Gasteiger partial charge on any atom is 0.156 e. The second-order valence-electron chi connectivity index (χ2n) is 15.0. The molecule has 15 rings (SSSR count). The summed E-state index contributed by atoms with van der Waals surface area (Å²) in [6.45, 7) is 0. The summed E-state index contributed by atoms with van der Waals surface area (Å²) in [4.78, 5) is 5.74. The summed E-state index contributed by atoms with van der Waals surface area (Å²) in [5.74, 6) is 0.997. The van der Waals surface area contributed by atoms with E-state index in [1.54, 1.807) is 0 Å². The first kappa shape index (κ1) is 30.9. The van der Waals surface area contributed by atoms with Crippen LogP contribution in [0, 0.1) is 0 Å². The summed E-state index contributed by atoms with van der Waals surface area (Å²) >= 11 is 1.85. The first-order valence-corrected chi connectivity index (χ1v) is 20.1. The highest BCUT2D eigenvalue weighted by atomic mass is 32.1.